The van der Waals surface area contributed by atoms with Gasteiger partial charge in [-0.3, -0.25) is 4.79 Å². The van der Waals surface area contributed by atoms with E-state index in [1.165, 1.54) is 4.68 Å². The number of carbonyl (C=O) groups is 1. The fourth-order valence-electron chi connectivity index (χ4n) is 3.45. The zero-order valence-electron chi connectivity index (χ0n) is 21.2. The molecule has 0 radical (unpaired) electrons. The number of ether oxygens (including phenoxy) is 3. The van der Waals surface area contributed by atoms with Gasteiger partial charge in [0.1, 0.15) is 5.82 Å². The van der Waals surface area contributed by atoms with E-state index in [-0.39, 0.29) is 18.1 Å². The highest BCUT2D eigenvalue weighted by Gasteiger charge is 2.23. The maximum absolute atomic E-state index is 13.4. The van der Waals surface area contributed by atoms with Crippen molar-refractivity contribution < 1.29 is 19.0 Å². The number of esters is 1. The molecule has 8 nitrogen and oxygen atoms in total. The Balaban J connectivity index is 2.12. The first-order chi connectivity index (χ1) is 17.6. The molecule has 0 unspecified atom stereocenters. The minimum atomic E-state index is -0.846. The van der Waals surface area contributed by atoms with Crippen LogP contribution in [0.1, 0.15) is 58.3 Å². The second kappa shape index (κ2) is 13.0. The number of halogens is 3. The predicted octanol–water partition coefficient (Wildman–Crippen LogP) is 6.81. The van der Waals surface area contributed by atoms with Gasteiger partial charge in [-0.05, 0) is 83.3 Å². The lowest BCUT2D eigenvalue weighted by Gasteiger charge is -2.19. The summed E-state index contributed by atoms with van der Waals surface area (Å²) in [5.41, 5.74) is 0.985. The van der Waals surface area contributed by atoms with E-state index in [4.69, 9.17) is 19.2 Å². The van der Waals surface area contributed by atoms with Crippen molar-refractivity contribution in [2.45, 2.75) is 53.1 Å². The fraction of sp³-hybridized carbons (Fsp3) is 0.385. The van der Waals surface area contributed by atoms with Crippen LogP contribution in [0.2, 0.25) is 0 Å². The minimum Gasteiger partial charge on any atom is -0.490 e. The van der Waals surface area contributed by atoms with Gasteiger partial charge in [0, 0.05) is 20.4 Å². The number of benzene rings is 2. The quantitative estimate of drug-likeness (QED) is 0.171. The molecular formula is C26H28Br3N3O5. The van der Waals surface area contributed by atoms with Crippen LogP contribution in [0, 0.1) is 0 Å². The topological polar surface area (TPSA) is 92.0 Å². The number of hydrogen-bond acceptors (Lipinski definition) is 7. The van der Waals surface area contributed by atoms with Crippen molar-refractivity contribution >= 4 is 70.9 Å². The lowest BCUT2D eigenvalue weighted by molar-refractivity contribution is -0.150. The number of nitrogens with zero attached hydrogens (tertiary/aromatic N) is 3. The highest BCUT2D eigenvalue weighted by Crippen LogP contribution is 2.43. The van der Waals surface area contributed by atoms with Gasteiger partial charge in [-0.1, -0.05) is 29.8 Å². The van der Waals surface area contributed by atoms with Gasteiger partial charge in [-0.15, -0.1) is 0 Å². The normalized spacial score (nSPS) is 13.1. The first-order valence-electron chi connectivity index (χ1n) is 11.9. The van der Waals surface area contributed by atoms with Crippen LogP contribution in [-0.2, 0) is 9.53 Å². The Kier molecular flexibility index (Phi) is 10.3. The van der Waals surface area contributed by atoms with Crippen LogP contribution >= 0.6 is 47.8 Å². The van der Waals surface area contributed by atoms with E-state index < -0.39 is 12.1 Å². The zero-order valence-corrected chi connectivity index (χ0v) is 25.9. The van der Waals surface area contributed by atoms with Crippen molar-refractivity contribution in [1.29, 1.82) is 0 Å². The third-order valence-electron chi connectivity index (χ3n) is 5.57. The number of hydrogen-bond donors (Lipinski definition) is 0. The van der Waals surface area contributed by atoms with Crippen LogP contribution in [0.15, 0.2) is 47.6 Å². The Bertz CT molecular complexity index is 1390. The molecule has 37 heavy (non-hydrogen) atoms. The smallest absolute Gasteiger partial charge is 0.347 e. The summed E-state index contributed by atoms with van der Waals surface area (Å²) in [4.78, 5) is 30.3. The Morgan fingerprint density at radius 1 is 1.11 bits per heavy atom. The summed E-state index contributed by atoms with van der Waals surface area (Å²) < 4.78 is 20.0. The van der Waals surface area contributed by atoms with Crippen LogP contribution in [0.5, 0.6) is 11.5 Å². The number of carbonyl (C=O) groups excluding carboxylic acids is 1. The Morgan fingerprint density at radius 3 is 2.49 bits per heavy atom. The standard InChI is InChI=1S/C26H28Br3N3O5/c1-6-14(4)24-31-19-10-9-17(27)12-18(19)25(33)32(24)30-13-16-11-20(35-7-2)23(22(29)21(16)28)37-15(5)26(34)36-8-3/h9-15H,6-8H2,1-5H3/t14-,15-/m0/s1. The first kappa shape index (κ1) is 29.3. The van der Waals surface area contributed by atoms with Crippen molar-refractivity contribution in [3.05, 3.63) is 59.4 Å². The van der Waals surface area contributed by atoms with Crippen molar-refractivity contribution in [3.8, 4) is 11.5 Å². The summed E-state index contributed by atoms with van der Waals surface area (Å²) in [6.45, 7) is 9.86. The summed E-state index contributed by atoms with van der Waals surface area (Å²) in [5, 5.41) is 5.01. The molecule has 0 spiro atoms. The number of rotatable bonds is 10. The lowest BCUT2D eigenvalue weighted by Crippen LogP contribution is -2.26. The zero-order chi connectivity index (χ0) is 27.3. The lowest BCUT2D eigenvalue weighted by atomic mass is 10.1. The van der Waals surface area contributed by atoms with Crippen LogP contribution in [0.3, 0.4) is 0 Å². The van der Waals surface area contributed by atoms with Gasteiger partial charge in [0.25, 0.3) is 5.56 Å². The summed E-state index contributed by atoms with van der Waals surface area (Å²) in [7, 11) is 0. The molecule has 0 saturated carbocycles. The molecule has 3 aromatic rings. The molecule has 198 valence electrons. The van der Waals surface area contributed by atoms with Gasteiger partial charge in [0.15, 0.2) is 17.6 Å². The highest BCUT2D eigenvalue weighted by atomic mass is 79.9. The molecule has 0 aliphatic heterocycles. The third-order valence-corrected chi connectivity index (χ3v) is 8.20. The Morgan fingerprint density at radius 2 is 1.84 bits per heavy atom. The van der Waals surface area contributed by atoms with E-state index in [2.05, 4.69) is 52.9 Å². The van der Waals surface area contributed by atoms with Crippen LogP contribution < -0.4 is 15.0 Å². The van der Waals surface area contributed by atoms with Gasteiger partial charge in [0.05, 0.1) is 34.8 Å². The molecule has 0 saturated heterocycles. The second-order valence-corrected chi connectivity index (χ2v) is 10.7. The van der Waals surface area contributed by atoms with Crippen molar-refractivity contribution in [2.75, 3.05) is 13.2 Å². The molecule has 0 amide bonds. The van der Waals surface area contributed by atoms with E-state index >= 15 is 0 Å². The largest absolute Gasteiger partial charge is 0.490 e. The highest BCUT2D eigenvalue weighted by molar-refractivity contribution is 9.13. The van der Waals surface area contributed by atoms with Gasteiger partial charge >= 0.3 is 5.97 Å². The van der Waals surface area contributed by atoms with Crippen LogP contribution in [0.4, 0.5) is 0 Å². The van der Waals surface area contributed by atoms with Gasteiger partial charge in [-0.2, -0.15) is 9.78 Å². The van der Waals surface area contributed by atoms with E-state index in [1.807, 2.05) is 32.9 Å². The average Bonchev–Trinajstić information content (AvgIpc) is 2.88. The van der Waals surface area contributed by atoms with Crippen LogP contribution in [0.25, 0.3) is 10.9 Å². The van der Waals surface area contributed by atoms with Crippen molar-refractivity contribution in [3.63, 3.8) is 0 Å². The van der Waals surface area contributed by atoms with E-state index in [0.717, 1.165) is 10.9 Å². The number of aromatic nitrogens is 2. The van der Waals surface area contributed by atoms with Gasteiger partial charge in [-0.25, -0.2) is 9.78 Å². The van der Waals surface area contributed by atoms with E-state index in [1.54, 1.807) is 32.2 Å². The van der Waals surface area contributed by atoms with Crippen LogP contribution in [-0.4, -0.2) is 41.2 Å². The molecule has 0 N–H and O–H groups in total. The predicted molar refractivity (Wildman–Crippen MR) is 155 cm³/mol. The molecule has 11 heteroatoms. The van der Waals surface area contributed by atoms with Gasteiger partial charge in [0.2, 0.25) is 0 Å². The maximum Gasteiger partial charge on any atom is 0.347 e. The minimum absolute atomic E-state index is 0.00667. The summed E-state index contributed by atoms with van der Waals surface area (Å²) >= 11 is 10.6. The maximum atomic E-state index is 13.4. The summed E-state index contributed by atoms with van der Waals surface area (Å²) in [6.07, 6.45) is 1.51. The Labute approximate surface area is 240 Å². The summed E-state index contributed by atoms with van der Waals surface area (Å²) in [5.74, 6) is 0.853. The van der Waals surface area contributed by atoms with Crippen molar-refractivity contribution in [2.24, 2.45) is 5.10 Å². The molecule has 2 aromatic carbocycles. The summed E-state index contributed by atoms with van der Waals surface area (Å²) in [6, 6.07) is 7.15. The fourth-order valence-corrected chi connectivity index (χ4v) is 4.73. The van der Waals surface area contributed by atoms with Crippen molar-refractivity contribution in [1.82, 2.24) is 9.66 Å². The first-order valence-corrected chi connectivity index (χ1v) is 14.2. The molecule has 0 bridgehead atoms. The van der Waals surface area contributed by atoms with Gasteiger partial charge < -0.3 is 14.2 Å². The average molecular weight is 702 g/mol. The second-order valence-electron chi connectivity index (χ2n) is 8.17. The molecule has 1 heterocycles. The molecule has 1 aromatic heterocycles. The van der Waals surface area contributed by atoms with E-state index in [9.17, 15) is 9.59 Å². The Hall–Kier alpha value is -2.24. The SMILES string of the molecule is CCOC(=O)[C@H](C)Oc1c(OCC)cc(C=Nn2c([C@@H](C)CC)nc3ccc(Br)cc3c2=O)c(Br)c1Br. The molecular weight excluding hydrogens is 674 g/mol. The van der Waals surface area contributed by atoms with E-state index in [0.29, 0.717) is 49.3 Å². The monoisotopic (exact) mass is 699 g/mol. The third kappa shape index (κ3) is 6.61. The molecule has 0 fully saturated rings. The molecule has 3 rings (SSSR count). The number of fused-ring (bicyclic) bond motifs is 1. The molecule has 2 atom stereocenters. The molecule has 0 aliphatic rings. The molecule has 0 aliphatic carbocycles.